The van der Waals surface area contributed by atoms with E-state index >= 15 is 0 Å². The average molecular weight is 1440 g/mol. The molecule has 10 fully saturated rings. The zero-order valence-corrected chi connectivity index (χ0v) is 64.4. The highest BCUT2D eigenvalue weighted by Crippen LogP contribution is 2.66. The van der Waals surface area contributed by atoms with Crippen molar-refractivity contribution in [3.63, 3.8) is 0 Å². The minimum absolute atomic E-state index is 0.0819. The number of hydrogen-bond donors (Lipinski definition) is 8. The summed E-state index contributed by atoms with van der Waals surface area (Å²) in [7, 11) is 10.3. The van der Waals surface area contributed by atoms with Crippen LogP contribution in [0.4, 0.5) is 0 Å². The number of likely N-dealkylation sites (tertiary alicyclic amines) is 4. The number of hydrogen-bond acceptors (Lipinski definition) is 15. The zero-order valence-electron chi connectivity index (χ0n) is 64.4. The molecule has 5 aromatic rings. The van der Waals surface area contributed by atoms with Crippen molar-refractivity contribution in [3.05, 3.63) is 142 Å². The van der Waals surface area contributed by atoms with E-state index in [2.05, 4.69) is 83.9 Å². The van der Waals surface area contributed by atoms with Crippen LogP contribution in [0.1, 0.15) is 225 Å². The van der Waals surface area contributed by atoms with Gasteiger partial charge in [0.25, 0.3) is 0 Å². The second-order valence-corrected chi connectivity index (χ2v) is 36.2. The number of rotatable bonds is 10. The van der Waals surface area contributed by atoms with E-state index in [1.165, 1.54) is 162 Å². The van der Waals surface area contributed by atoms with Crippen molar-refractivity contribution in [2.75, 3.05) is 87.7 Å². The Hall–Kier alpha value is -5.46. The molecule has 6 saturated carbocycles. The first kappa shape index (κ1) is 75.0. The number of phenolic OH excluding ortho intramolecular Hbond substituents is 4. The third kappa shape index (κ3) is 13.3. The molecule has 14 atom stereocenters. The molecule has 15 heteroatoms. The normalized spacial score (nSPS) is 35.8. The molecule has 9 aliphatic carbocycles. The first-order valence-corrected chi connectivity index (χ1v) is 41.6. The van der Waals surface area contributed by atoms with Gasteiger partial charge in [0.1, 0.15) is 29.1 Å². The highest BCUT2D eigenvalue weighted by Gasteiger charge is 2.73. The molecule has 8 N–H and O–H groups in total. The Morgan fingerprint density at radius 3 is 1.90 bits per heavy atom. The number of aromatic hydroxyl groups is 4. The van der Waals surface area contributed by atoms with Crippen molar-refractivity contribution in [1.82, 2.24) is 24.5 Å². The van der Waals surface area contributed by atoms with E-state index in [9.17, 15) is 40.9 Å². The number of benzene rings is 5. The van der Waals surface area contributed by atoms with E-state index in [-0.39, 0.29) is 28.7 Å². The van der Waals surface area contributed by atoms with Gasteiger partial charge in [0.2, 0.25) is 0 Å². The molecule has 14 unspecified atom stereocenters. The van der Waals surface area contributed by atoms with Gasteiger partial charge in [0, 0.05) is 72.0 Å². The summed E-state index contributed by atoms with van der Waals surface area (Å²) in [5.74, 6) is 5.40. The molecule has 14 aliphatic rings. The van der Waals surface area contributed by atoms with Crippen molar-refractivity contribution < 1.29 is 50.3 Å². The molecule has 572 valence electrons. The van der Waals surface area contributed by atoms with Crippen molar-refractivity contribution in [2.24, 2.45) is 23.7 Å². The molecule has 5 heterocycles. The van der Waals surface area contributed by atoms with Crippen LogP contribution in [0, 0.1) is 23.7 Å². The molecule has 0 amide bonds. The van der Waals surface area contributed by atoms with Gasteiger partial charge >= 0.3 is 0 Å². The van der Waals surface area contributed by atoms with Crippen LogP contribution < -0.4 is 9.47 Å². The zero-order chi connectivity index (χ0) is 73.3. The summed E-state index contributed by atoms with van der Waals surface area (Å²) >= 11 is 0. The Labute approximate surface area is 627 Å². The van der Waals surface area contributed by atoms with E-state index in [0.717, 1.165) is 144 Å². The summed E-state index contributed by atoms with van der Waals surface area (Å²) in [5.41, 5.74) is 7.77. The largest absolute Gasteiger partial charge is 0.508 e. The van der Waals surface area contributed by atoms with Crippen LogP contribution in [0.25, 0.3) is 0 Å². The predicted octanol–water partition coefficient (Wildman–Crippen LogP) is 13.9. The third-order valence-corrected chi connectivity index (χ3v) is 30.5. The highest BCUT2D eigenvalue weighted by molar-refractivity contribution is 5.63. The third-order valence-electron chi connectivity index (χ3n) is 30.5. The van der Waals surface area contributed by atoms with E-state index in [1.54, 1.807) is 19.2 Å². The van der Waals surface area contributed by atoms with Gasteiger partial charge in [0.05, 0.1) is 35.4 Å². The van der Waals surface area contributed by atoms with Gasteiger partial charge in [-0.2, -0.15) is 0 Å². The Bertz CT molecular complexity index is 3860. The second-order valence-electron chi connectivity index (χ2n) is 36.2. The van der Waals surface area contributed by atoms with Crippen LogP contribution >= 0.6 is 0 Å². The van der Waals surface area contributed by atoms with Gasteiger partial charge in [-0.1, -0.05) is 107 Å². The Kier molecular flexibility index (Phi) is 21.5. The number of ether oxygens (including phenoxy) is 2. The fourth-order valence-corrected chi connectivity index (χ4v) is 24.6. The fourth-order valence-electron chi connectivity index (χ4n) is 24.6. The number of fused-ring (bicyclic) bond motifs is 2. The van der Waals surface area contributed by atoms with Gasteiger partial charge < -0.3 is 65.0 Å². The van der Waals surface area contributed by atoms with Crippen molar-refractivity contribution in [1.29, 1.82) is 0 Å². The molecule has 105 heavy (non-hydrogen) atoms. The van der Waals surface area contributed by atoms with E-state index < -0.39 is 34.4 Å². The van der Waals surface area contributed by atoms with Gasteiger partial charge in [-0.25, -0.2) is 0 Å². The minimum atomic E-state index is -0.884. The van der Waals surface area contributed by atoms with Crippen molar-refractivity contribution >= 4 is 0 Å². The number of aliphatic hydroxyl groups is 4. The summed E-state index contributed by atoms with van der Waals surface area (Å²) < 4.78 is 11.4. The number of phenols is 4. The first-order valence-electron chi connectivity index (χ1n) is 41.6. The maximum atomic E-state index is 12.1. The summed E-state index contributed by atoms with van der Waals surface area (Å²) in [6.45, 7) is 11.0. The summed E-state index contributed by atoms with van der Waals surface area (Å²) in [6.07, 6.45) is 33.3. The number of likely N-dealkylation sites (N-methyl/N-ethyl adjacent to an activating group) is 2. The molecule has 19 rings (SSSR count). The summed E-state index contributed by atoms with van der Waals surface area (Å²) in [5, 5.41) is 86.0. The lowest BCUT2D eigenvalue weighted by atomic mass is 9.48. The lowest BCUT2D eigenvalue weighted by Crippen LogP contribution is -2.77. The topological polar surface area (TPSA) is 196 Å². The van der Waals surface area contributed by atoms with Crippen molar-refractivity contribution in [3.8, 4) is 34.5 Å². The van der Waals surface area contributed by atoms with Gasteiger partial charge in [0.15, 0.2) is 11.5 Å². The monoisotopic (exact) mass is 1440 g/mol. The molecule has 5 aliphatic heterocycles. The molecular weight excluding hydrogens is 1310 g/mol. The smallest absolute Gasteiger partial charge is 0.165 e. The van der Waals surface area contributed by atoms with Crippen LogP contribution in [0.5, 0.6) is 34.5 Å². The molecule has 0 aromatic heterocycles. The minimum Gasteiger partial charge on any atom is -0.508 e. The number of methoxy groups -OCH3 is 1. The summed E-state index contributed by atoms with van der Waals surface area (Å²) in [4.78, 5) is 12.3. The maximum absolute atomic E-state index is 12.1. The van der Waals surface area contributed by atoms with Gasteiger partial charge in [-0.15, -0.1) is 0 Å². The Balaban J connectivity index is 0.000000106. The molecule has 0 radical (unpaired) electrons. The SMILES string of the molecule is CCC1(c2cccc(O)c2)CCCCN(C)C1.CN1CCC23CCCCC2C1Cc1ccc(O)cc13.COc1cccc(C2(O)CCCCC2CN(C)C)c1.Oc1ccc2c(c1)C13CCCCC1(O)C(C2)N(CC1CCC1)CC3.Oc1ccc2c3c1OC1C(O)CCC4(O)C(C2)N(CC2CCC2)CCC314. The van der Waals surface area contributed by atoms with Gasteiger partial charge in [-0.05, 0) is 301 Å². The van der Waals surface area contributed by atoms with Crippen LogP contribution in [0.2, 0.25) is 0 Å². The molecule has 4 saturated heterocycles. The number of piperidine rings is 3. The lowest BCUT2D eigenvalue weighted by molar-refractivity contribution is -0.209. The van der Waals surface area contributed by atoms with Crippen molar-refractivity contribution in [2.45, 2.75) is 268 Å². The first-order chi connectivity index (χ1) is 50.6. The lowest BCUT2D eigenvalue weighted by Gasteiger charge is -2.64. The Morgan fingerprint density at radius 2 is 1.19 bits per heavy atom. The molecule has 5 aromatic carbocycles. The predicted molar refractivity (Wildman–Crippen MR) is 415 cm³/mol. The van der Waals surface area contributed by atoms with Crippen LogP contribution in [-0.4, -0.2) is 195 Å². The van der Waals surface area contributed by atoms with Gasteiger partial charge in [-0.3, -0.25) is 9.80 Å². The molecular formula is C90H127N5O10. The maximum Gasteiger partial charge on any atom is 0.165 e. The van der Waals surface area contributed by atoms with E-state index in [0.29, 0.717) is 47.2 Å². The van der Waals surface area contributed by atoms with Crippen LogP contribution in [0.3, 0.4) is 0 Å². The average Bonchev–Trinajstić information content (AvgIpc) is 1.60. The molecule has 15 nitrogen and oxygen atoms in total. The van der Waals surface area contributed by atoms with E-state index in [1.807, 2.05) is 60.7 Å². The number of aliphatic hydroxyl groups excluding tert-OH is 1. The highest BCUT2D eigenvalue weighted by atomic mass is 16.5. The standard InChI is InChI=1S/C21H27NO4.C21H29NO2.C17H23NO.C16H25NO2.C15H23NO/c23-14-5-4-13-10-16-21(25)7-6-15(24)19-20(21,17(13)18(14)26-19)8-9-22(16)11-12-2-1-3-12;23-17-7-6-16-12-19-21(24)9-2-1-8-20(21,18(16)13-17)10-11-22(19)14-15-4-3-5-15;1-18-9-8-17-7-3-2-4-14(17)16(18)10-12-5-6-13(19)11-15(12)17;1-17(2)12-14-7-4-5-10-16(14,18)13-8-6-9-15(11-13)19-3;1-3-15(9-4-5-10-16(2)12-15)13-7-6-8-14(17)11-13/h4-5,12,15-16,19,23-25H,1-3,6-11H2;6-7,13,15,19,23-24H,1-5,8-12,14H2;5-6,11,14,16,19H,2-4,7-10H2,1H3;6,8-9,11,14,18H,4-5,7,10,12H2,1-3H3;6-8,11,17H,3-5,9-10,12H2,1-2H3. The summed E-state index contributed by atoms with van der Waals surface area (Å²) in [6, 6.07) is 32.5. The number of nitrogens with zero attached hydrogens (tertiary/aromatic N) is 5. The van der Waals surface area contributed by atoms with Crippen LogP contribution in [-0.2, 0) is 46.5 Å². The molecule has 6 bridgehead atoms. The second kappa shape index (κ2) is 30.1. The fraction of sp³-hybridized carbons (Fsp3) is 0.667. The van der Waals surface area contributed by atoms with Crippen LogP contribution in [0.15, 0.2) is 97.1 Å². The molecule has 1 spiro atoms. The Morgan fingerprint density at radius 1 is 0.552 bits per heavy atom. The quantitative estimate of drug-likeness (QED) is 0.0657. The van der Waals surface area contributed by atoms with E-state index in [4.69, 9.17) is 9.47 Å².